The summed E-state index contributed by atoms with van der Waals surface area (Å²) in [6.45, 7) is 3.91. The van der Waals surface area contributed by atoms with E-state index in [2.05, 4.69) is 0 Å². The quantitative estimate of drug-likeness (QED) is 0.800. The molecule has 0 saturated heterocycles. The van der Waals surface area contributed by atoms with E-state index in [9.17, 15) is 14.0 Å². The lowest BCUT2D eigenvalue weighted by Gasteiger charge is -2.22. The average Bonchev–Trinajstić information content (AvgIpc) is 2.43. The molecule has 1 aromatic carbocycles. The number of aliphatic carboxylic acids is 1. The number of hydrogen-bond acceptors (Lipinski definition) is 3. The fourth-order valence-corrected chi connectivity index (χ4v) is 2.13. The molecule has 1 rings (SSSR count). The molecule has 0 aliphatic carbocycles. The SMILES string of the molecule is COc1ccc(CCC(=O)N(CC(=O)O)CC(C)C)cc1F. The van der Waals surface area contributed by atoms with Crippen molar-refractivity contribution in [2.45, 2.75) is 26.7 Å². The highest BCUT2D eigenvalue weighted by Crippen LogP contribution is 2.18. The van der Waals surface area contributed by atoms with Crippen molar-refractivity contribution in [2.24, 2.45) is 5.92 Å². The number of halogens is 1. The highest BCUT2D eigenvalue weighted by Gasteiger charge is 2.18. The zero-order valence-electron chi connectivity index (χ0n) is 13.1. The summed E-state index contributed by atoms with van der Waals surface area (Å²) >= 11 is 0. The standard InChI is InChI=1S/C16H22FNO4/c1-11(2)9-18(10-16(20)21)15(19)7-5-12-4-6-14(22-3)13(17)8-12/h4,6,8,11H,5,7,9-10H2,1-3H3,(H,20,21). The Kier molecular flexibility index (Phi) is 6.82. The molecular formula is C16H22FNO4. The Bertz CT molecular complexity index is 531. The second-order valence-electron chi connectivity index (χ2n) is 5.53. The number of benzene rings is 1. The van der Waals surface area contributed by atoms with E-state index in [0.717, 1.165) is 0 Å². The van der Waals surface area contributed by atoms with Crippen LogP contribution in [0.2, 0.25) is 0 Å². The van der Waals surface area contributed by atoms with E-state index < -0.39 is 11.8 Å². The lowest BCUT2D eigenvalue weighted by molar-refractivity contribution is -0.144. The van der Waals surface area contributed by atoms with Crippen molar-refractivity contribution in [3.63, 3.8) is 0 Å². The number of carbonyl (C=O) groups excluding carboxylic acids is 1. The van der Waals surface area contributed by atoms with Gasteiger partial charge in [0.1, 0.15) is 6.54 Å². The number of carbonyl (C=O) groups is 2. The van der Waals surface area contributed by atoms with Crippen molar-refractivity contribution in [1.82, 2.24) is 4.90 Å². The maximum Gasteiger partial charge on any atom is 0.323 e. The molecule has 22 heavy (non-hydrogen) atoms. The molecule has 5 nitrogen and oxygen atoms in total. The summed E-state index contributed by atoms with van der Waals surface area (Å²) in [4.78, 5) is 24.3. The van der Waals surface area contributed by atoms with Gasteiger partial charge < -0.3 is 14.7 Å². The van der Waals surface area contributed by atoms with Crippen molar-refractivity contribution in [3.8, 4) is 5.75 Å². The second-order valence-corrected chi connectivity index (χ2v) is 5.53. The van der Waals surface area contributed by atoms with Gasteiger partial charge in [-0.3, -0.25) is 9.59 Å². The first-order valence-electron chi connectivity index (χ1n) is 7.15. The Morgan fingerprint density at radius 1 is 1.36 bits per heavy atom. The van der Waals surface area contributed by atoms with E-state index in [1.54, 1.807) is 6.07 Å². The molecule has 0 saturated carbocycles. The van der Waals surface area contributed by atoms with Crippen LogP contribution >= 0.6 is 0 Å². The van der Waals surface area contributed by atoms with Gasteiger partial charge in [0.05, 0.1) is 7.11 Å². The number of methoxy groups -OCH3 is 1. The molecule has 0 unspecified atom stereocenters. The first-order valence-corrected chi connectivity index (χ1v) is 7.15. The number of rotatable bonds is 8. The minimum atomic E-state index is -1.04. The van der Waals surface area contributed by atoms with Crippen LogP contribution in [-0.2, 0) is 16.0 Å². The van der Waals surface area contributed by atoms with Crippen LogP contribution in [0.5, 0.6) is 5.75 Å². The van der Waals surface area contributed by atoms with Crippen molar-refractivity contribution < 1.29 is 23.8 Å². The molecule has 0 atom stereocenters. The predicted octanol–water partition coefficient (Wildman–Crippen LogP) is 2.34. The average molecular weight is 311 g/mol. The fourth-order valence-electron chi connectivity index (χ4n) is 2.13. The summed E-state index contributed by atoms with van der Waals surface area (Å²) in [6.07, 6.45) is 0.500. The van der Waals surface area contributed by atoms with Gasteiger partial charge in [-0.1, -0.05) is 19.9 Å². The number of carboxylic acids is 1. The molecule has 0 spiro atoms. The van der Waals surface area contributed by atoms with Gasteiger partial charge in [0.25, 0.3) is 0 Å². The molecular weight excluding hydrogens is 289 g/mol. The summed E-state index contributed by atoms with van der Waals surface area (Å²) in [5.41, 5.74) is 0.673. The molecule has 1 amide bonds. The lowest BCUT2D eigenvalue weighted by atomic mass is 10.1. The van der Waals surface area contributed by atoms with E-state index in [0.29, 0.717) is 18.5 Å². The van der Waals surface area contributed by atoms with Crippen molar-refractivity contribution in [3.05, 3.63) is 29.6 Å². The Balaban J connectivity index is 2.65. The Morgan fingerprint density at radius 2 is 2.05 bits per heavy atom. The van der Waals surface area contributed by atoms with Gasteiger partial charge in [0, 0.05) is 13.0 Å². The van der Waals surface area contributed by atoms with Crippen LogP contribution in [0.1, 0.15) is 25.8 Å². The molecule has 0 fully saturated rings. The van der Waals surface area contributed by atoms with Gasteiger partial charge in [0.15, 0.2) is 11.6 Å². The fraction of sp³-hybridized carbons (Fsp3) is 0.500. The minimum absolute atomic E-state index is 0.145. The molecule has 0 bridgehead atoms. The van der Waals surface area contributed by atoms with Gasteiger partial charge in [-0.15, -0.1) is 0 Å². The Hall–Kier alpha value is -2.11. The maximum absolute atomic E-state index is 13.6. The molecule has 0 aliphatic rings. The first-order chi connectivity index (χ1) is 10.3. The van der Waals surface area contributed by atoms with Crippen molar-refractivity contribution in [1.29, 1.82) is 0 Å². The number of amides is 1. The van der Waals surface area contributed by atoms with Gasteiger partial charge in [-0.25, -0.2) is 4.39 Å². The van der Waals surface area contributed by atoms with Crippen LogP contribution < -0.4 is 4.74 Å². The molecule has 122 valence electrons. The summed E-state index contributed by atoms with van der Waals surface area (Å²) < 4.78 is 18.4. The zero-order valence-corrected chi connectivity index (χ0v) is 13.1. The molecule has 0 radical (unpaired) electrons. The highest BCUT2D eigenvalue weighted by molar-refractivity contribution is 5.81. The molecule has 0 heterocycles. The third kappa shape index (κ3) is 5.71. The van der Waals surface area contributed by atoms with Crippen LogP contribution in [0.25, 0.3) is 0 Å². The monoisotopic (exact) mass is 311 g/mol. The molecule has 0 aromatic heterocycles. The van der Waals surface area contributed by atoms with Gasteiger partial charge >= 0.3 is 5.97 Å². The minimum Gasteiger partial charge on any atom is -0.494 e. The topological polar surface area (TPSA) is 66.8 Å². The van der Waals surface area contributed by atoms with Gasteiger partial charge in [-0.2, -0.15) is 0 Å². The molecule has 0 aliphatic heterocycles. The highest BCUT2D eigenvalue weighted by atomic mass is 19.1. The van der Waals surface area contributed by atoms with Crippen LogP contribution in [-0.4, -0.2) is 42.1 Å². The summed E-state index contributed by atoms with van der Waals surface area (Å²) in [6, 6.07) is 4.54. The predicted molar refractivity (Wildman–Crippen MR) is 80.3 cm³/mol. The Labute approximate surface area is 129 Å². The van der Waals surface area contributed by atoms with Crippen LogP contribution in [0.15, 0.2) is 18.2 Å². The summed E-state index contributed by atoms with van der Waals surface area (Å²) in [5.74, 6) is -1.42. The van der Waals surface area contributed by atoms with E-state index in [4.69, 9.17) is 9.84 Å². The normalized spacial score (nSPS) is 10.6. The molecule has 6 heteroatoms. The first kappa shape index (κ1) is 17.9. The van der Waals surface area contributed by atoms with Crippen molar-refractivity contribution in [2.75, 3.05) is 20.2 Å². The second kappa shape index (κ2) is 8.36. The third-order valence-electron chi connectivity index (χ3n) is 3.11. The number of aryl methyl sites for hydroxylation is 1. The van der Waals surface area contributed by atoms with E-state index in [-0.39, 0.29) is 30.5 Å². The van der Waals surface area contributed by atoms with Crippen LogP contribution in [0.3, 0.4) is 0 Å². The number of nitrogens with zero attached hydrogens (tertiary/aromatic N) is 1. The number of carboxylic acid groups (broad SMARTS) is 1. The molecule has 1 N–H and O–H groups in total. The number of hydrogen-bond donors (Lipinski definition) is 1. The molecule has 1 aromatic rings. The largest absolute Gasteiger partial charge is 0.494 e. The van der Waals surface area contributed by atoms with E-state index in [1.165, 1.54) is 24.1 Å². The van der Waals surface area contributed by atoms with Crippen LogP contribution in [0, 0.1) is 11.7 Å². The van der Waals surface area contributed by atoms with Gasteiger partial charge in [0.2, 0.25) is 5.91 Å². The summed E-state index contributed by atoms with van der Waals surface area (Å²) in [5, 5.41) is 8.87. The van der Waals surface area contributed by atoms with E-state index in [1.807, 2.05) is 13.8 Å². The lowest BCUT2D eigenvalue weighted by Crippen LogP contribution is -2.38. The zero-order chi connectivity index (χ0) is 16.7. The van der Waals surface area contributed by atoms with E-state index >= 15 is 0 Å². The smallest absolute Gasteiger partial charge is 0.323 e. The third-order valence-corrected chi connectivity index (χ3v) is 3.11. The van der Waals surface area contributed by atoms with Crippen LogP contribution in [0.4, 0.5) is 4.39 Å². The maximum atomic E-state index is 13.6. The number of ether oxygens (including phenoxy) is 1. The van der Waals surface area contributed by atoms with Gasteiger partial charge in [-0.05, 0) is 30.0 Å². The summed E-state index contributed by atoms with van der Waals surface area (Å²) in [7, 11) is 1.39. The van der Waals surface area contributed by atoms with Crippen molar-refractivity contribution >= 4 is 11.9 Å². The Morgan fingerprint density at radius 3 is 2.55 bits per heavy atom.